The summed E-state index contributed by atoms with van der Waals surface area (Å²) in [6, 6.07) is 0. The first-order chi connectivity index (χ1) is 7.89. The molecule has 0 radical (unpaired) electrons. The van der Waals surface area contributed by atoms with Gasteiger partial charge in [-0.25, -0.2) is 0 Å². The predicted molar refractivity (Wildman–Crippen MR) is 72.0 cm³/mol. The molecule has 2 fully saturated rings. The zero-order chi connectivity index (χ0) is 12.5. The lowest BCUT2D eigenvalue weighted by Gasteiger charge is -2.47. The molecule has 0 bridgehead atoms. The minimum absolute atomic E-state index is 0.309. The summed E-state index contributed by atoms with van der Waals surface area (Å²) in [6.45, 7) is 10.4. The molecule has 2 atom stereocenters. The van der Waals surface area contributed by atoms with Crippen LogP contribution < -0.4 is 0 Å². The molecule has 1 saturated heterocycles. The monoisotopic (exact) mass is 239 g/mol. The van der Waals surface area contributed by atoms with E-state index in [0.29, 0.717) is 11.3 Å². The lowest BCUT2D eigenvalue weighted by molar-refractivity contribution is -0.0961. The van der Waals surface area contributed by atoms with Gasteiger partial charge in [-0.15, -0.1) is 0 Å². The van der Waals surface area contributed by atoms with E-state index in [9.17, 15) is 5.11 Å². The molecule has 2 unspecified atom stereocenters. The van der Waals surface area contributed by atoms with Gasteiger partial charge in [0.25, 0.3) is 0 Å². The summed E-state index contributed by atoms with van der Waals surface area (Å²) in [4.78, 5) is 2.58. The van der Waals surface area contributed by atoms with Gasteiger partial charge in [-0.05, 0) is 37.6 Å². The molecule has 1 saturated carbocycles. The van der Waals surface area contributed by atoms with E-state index in [4.69, 9.17) is 0 Å². The number of aliphatic hydroxyl groups is 1. The second-order valence-corrected chi connectivity index (χ2v) is 7.41. The molecule has 0 aromatic rings. The van der Waals surface area contributed by atoms with Crippen molar-refractivity contribution in [1.82, 2.24) is 4.90 Å². The number of piperidine rings is 1. The van der Waals surface area contributed by atoms with Crippen LogP contribution in [-0.2, 0) is 0 Å². The molecule has 0 amide bonds. The number of nitrogens with zero attached hydrogens (tertiary/aromatic N) is 1. The van der Waals surface area contributed by atoms with Crippen molar-refractivity contribution in [3.63, 3.8) is 0 Å². The van der Waals surface area contributed by atoms with Gasteiger partial charge in [-0.2, -0.15) is 0 Å². The van der Waals surface area contributed by atoms with E-state index >= 15 is 0 Å². The van der Waals surface area contributed by atoms with E-state index in [1.807, 2.05) is 0 Å². The molecule has 2 rings (SSSR count). The van der Waals surface area contributed by atoms with E-state index < -0.39 is 0 Å². The molecule has 1 N–H and O–H groups in total. The van der Waals surface area contributed by atoms with Crippen LogP contribution in [0.25, 0.3) is 0 Å². The Kier molecular flexibility index (Phi) is 3.84. The third-order valence-electron chi connectivity index (χ3n) is 4.69. The third-order valence-corrected chi connectivity index (χ3v) is 4.69. The van der Waals surface area contributed by atoms with Crippen molar-refractivity contribution in [3.05, 3.63) is 0 Å². The van der Waals surface area contributed by atoms with Gasteiger partial charge >= 0.3 is 0 Å². The van der Waals surface area contributed by atoms with Crippen LogP contribution in [0, 0.1) is 11.3 Å². The zero-order valence-electron chi connectivity index (χ0n) is 11.8. The quantitative estimate of drug-likeness (QED) is 0.800. The summed E-state index contributed by atoms with van der Waals surface area (Å²) < 4.78 is 0. The lowest BCUT2D eigenvalue weighted by Crippen LogP contribution is -2.53. The topological polar surface area (TPSA) is 23.5 Å². The summed E-state index contributed by atoms with van der Waals surface area (Å²) in [6.07, 6.45) is 7.10. The fourth-order valence-corrected chi connectivity index (χ4v) is 3.34. The molecule has 2 nitrogen and oxygen atoms in total. The number of rotatable bonds is 2. The highest BCUT2D eigenvalue weighted by Crippen LogP contribution is 2.39. The van der Waals surface area contributed by atoms with Crippen LogP contribution in [0.2, 0.25) is 0 Å². The Morgan fingerprint density at radius 2 is 2.00 bits per heavy atom. The molecule has 1 aliphatic heterocycles. The van der Waals surface area contributed by atoms with E-state index in [1.165, 1.54) is 32.2 Å². The third kappa shape index (κ3) is 3.45. The first-order valence-corrected chi connectivity index (χ1v) is 7.34. The molecule has 17 heavy (non-hydrogen) atoms. The summed E-state index contributed by atoms with van der Waals surface area (Å²) in [5.74, 6) is 0.546. The Hall–Kier alpha value is -0.0800. The number of likely N-dealkylation sites (tertiary alicyclic amines) is 1. The van der Waals surface area contributed by atoms with Crippen LogP contribution in [0.4, 0.5) is 0 Å². The first kappa shape index (κ1) is 13.4. The minimum atomic E-state index is -0.309. The maximum atomic E-state index is 10.6. The second kappa shape index (κ2) is 4.89. The van der Waals surface area contributed by atoms with Crippen LogP contribution in [0.1, 0.15) is 59.3 Å². The van der Waals surface area contributed by atoms with Gasteiger partial charge < -0.3 is 10.0 Å². The summed E-state index contributed by atoms with van der Waals surface area (Å²) in [5, 5.41) is 10.6. The van der Waals surface area contributed by atoms with Gasteiger partial charge in [0.2, 0.25) is 0 Å². The van der Waals surface area contributed by atoms with Crippen LogP contribution in [0.5, 0.6) is 0 Å². The molecule has 0 aromatic heterocycles. The van der Waals surface area contributed by atoms with E-state index in [2.05, 4.69) is 25.7 Å². The van der Waals surface area contributed by atoms with Crippen molar-refractivity contribution in [2.45, 2.75) is 64.9 Å². The standard InChI is InChI=1S/C15H29NO/c1-14(2,3)8-10-16-11-9-15(17)7-5-4-6-13(15)12-16/h13,17H,4-12H2,1-3H3. The fourth-order valence-electron chi connectivity index (χ4n) is 3.34. The van der Waals surface area contributed by atoms with Gasteiger partial charge in [0, 0.05) is 19.0 Å². The molecular formula is C15H29NO. The van der Waals surface area contributed by atoms with Crippen molar-refractivity contribution in [2.24, 2.45) is 11.3 Å². The lowest BCUT2D eigenvalue weighted by atomic mass is 9.71. The molecule has 1 heterocycles. The molecule has 100 valence electrons. The second-order valence-electron chi connectivity index (χ2n) is 7.41. The van der Waals surface area contributed by atoms with Crippen LogP contribution in [0.15, 0.2) is 0 Å². The molecular weight excluding hydrogens is 210 g/mol. The molecule has 1 aliphatic carbocycles. The Morgan fingerprint density at radius 1 is 1.24 bits per heavy atom. The number of fused-ring (bicyclic) bond motifs is 1. The van der Waals surface area contributed by atoms with Gasteiger partial charge in [-0.3, -0.25) is 0 Å². The highest BCUT2D eigenvalue weighted by atomic mass is 16.3. The van der Waals surface area contributed by atoms with Crippen molar-refractivity contribution >= 4 is 0 Å². The average Bonchev–Trinajstić information content (AvgIpc) is 2.25. The van der Waals surface area contributed by atoms with Gasteiger partial charge in [-0.1, -0.05) is 33.6 Å². The Bertz CT molecular complexity index is 258. The van der Waals surface area contributed by atoms with Crippen molar-refractivity contribution in [3.8, 4) is 0 Å². The Morgan fingerprint density at radius 3 is 2.71 bits per heavy atom. The smallest absolute Gasteiger partial charge is 0.0700 e. The fraction of sp³-hybridized carbons (Fsp3) is 1.00. The van der Waals surface area contributed by atoms with Crippen molar-refractivity contribution in [1.29, 1.82) is 0 Å². The molecule has 2 aliphatic rings. The summed E-state index contributed by atoms with van der Waals surface area (Å²) >= 11 is 0. The highest BCUT2D eigenvalue weighted by molar-refractivity contribution is 4.95. The van der Waals surface area contributed by atoms with Gasteiger partial charge in [0.15, 0.2) is 0 Å². The molecule has 2 heteroatoms. The van der Waals surface area contributed by atoms with Crippen molar-refractivity contribution in [2.75, 3.05) is 19.6 Å². The van der Waals surface area contributed by atoms with Gasteiger partial charge in [0.1, 0.15) is 0 Å². The highest BCUT2D eigenvalue weighted by Gasteiger charge is 2.42. The average molecular weight is 239 g/mol. The Balaban J connectivity index is 1.85. The van der Waals surface area contributed by atoms with E-state index in [1.54, 1.807) is 0 Å². The SMILES string of the molecule is CC(C)(C)CCN1CCC2(O)CCCCC2C1. The van der Waals surface area contributed by atoms with Crippen LogP contribution >= 0.6 is 0 Å². The minimum Gasteiger partial charge on any atom is -0.390 e. The largest absolute Gasteiger partial charge is 0.390 e. The van der Waals surface area contributed by atoms with E-state index in [0.717, 1.165) is 25.9 Å². The molecule has 0 aromatic carbocycles. The van der Waals surface area contributed by atoms with Crippen LogP contribution in [0.3, 0.4) is 0 Å². The van der Waals surface area contributed by atoms with Crippen LogP contribution in [-0.4, -0.2) is 35.2 Å². The van der Waals surface area contributed by atoms with E-state index in [-0.39, 0.29) is 5.60 Å². The van der Waals surface area contributed by atoms with Crippen molar-refractivity contribution < 1.29 is 5.11 Å². The maximum absolute atomic E-state index is 10.6. The van der Waals surface area contributed by atoms with Gasteiger partial charge in [0.05, 0.1) is 5.60 Å². The maximum Gasteiger partial charge on any atom is 0.0700 e. The molecule has 0 spiro atoms. The number of hydrogen-bond donors (Lipinski definition) is 1. The predicted octanol–water partition coefficient (Wildman–Crippen LogP) is 3.05. The number of hydrogen-bond acceptors (Lipinski definition) is 2. The summed E-state index contributed by atoms with van der Waals surface area (Å²) in [7, 11) is 0. The normalized spacial score (nSPS) is 35.6. The summed E-state index contributed by atoms with van der Waals surface area (Å²) in [5.41, 5.74) is 0.122. The Labute approximate surface area is 106 Å². The first-order valence-electron chi connectivity index (χ1n) is 7.34. The zero-order valence-corrected chi connectivity index (χ0v) is 11.8.